The predicted octanol–water partition coefficient (Wildman–Crippen LogP) is 2.63. The minimum atomic E-state index is -0.323. The van der Waals surface area contributed by atoms with Crippen LogP contribution >= 0.6 is 0 Å². The van der Waals surface area contributed by atoms with Gasteiger partial charge in [-0.05, 0) is 42.2 Å². The molecule has 3 N–H and O–H groups in total. The number of carbonyl (C=O) groups excluding carboxylic acids is 1. The van der Waals surface area contributed by atoms with E-state index in [-0.39, 0.29) is 24.7 Å². The first-order valence-electron chi connectivity index (χ1n) is 9.42. The van der Waals surface area contributed by atoms with Gasteiger partial charge in [-0.25, -0.2) is 5.48 Å². The first-order valence-corrected chi connectivity index (χ1v) is 9.42. The number of hydroxylamine groups is 1. The minimum Gasteiger partial charge on any atom is -0.493 e. The van der Waals surface area contributed by atoms with E-state index in [4.69, 9.17) is 14.7 Å². The van der Waals surface area contributed by atoms with Crippen molar-refractivity contribution >= 4 is 11.6 Å². The number of nitrogens with zero attached hydrogens (tertiary/aromatic N) is 1. The van der Waals surface area contributed by atoms with E-state index in [0.29, 0.717) is 30.0 Å². The van der Waals surface area contributed by atoms with Crippen molar-refractivity contribution in [3.05, 3.63) is 53.1 Å². The van der Waals surface area contributed by atoms with Crippen LogP contribution in [0.15, 0.2) is 36.4 Å². The number of aliphatic hydroxyl groups is 1. The lowest BCUT2D eigenvalue weighted by Gasteiger charge is -2.20. The Balaban J connectivity index is 1.59. The molecule has 7 heteroatoms. The van der Waals surface area contributed by atoms with E-state index >= 15 is 0 Å². The van der Waals surface area contributed by atoms with Gasteiger partial charge in [-0.2, -0.15) is 0 Å². The quantitative estimate of drug-likeness (QED) is 0.663. The number of fused-ring (bicyclic) bond motifs is 1. The summed E-state index contributed by atoms with van der Waals surface area (Å²) in [5.74, 6) is 1.10. The van der Waals surface area contributed by atoms with Gasteiger partial charge in [-0.15, -0.1) is 0 Å². The Labute approximate surface area is 163 Å². The molecule has 2 aromatic rings. The Morgan fingerprint density at radius 2 is 2.04 bits per heavy atom. The normalized spacial score (nSPS) is 21.1. The monoisotopic (exact) mass is 384 g/mol. The average Bonchev–Trinajstić information content (AvgIpc) is 3.25. The molecule has 2 unspecified atom stereocenters. The summed E-state index contributed by atoms with van der Waals surface area (Å²) in [6, 6.07) is 11.1. The van der Waals surface area contributed by atoms with Gasteiger partial charge in [-0.3, -0.25) is 4.79 Å². The van der Waals surface area contributed by atoms with Crippen LogP contribution in [0, 0.1) is 0 Å². The molecule has 2 aliphatic rings. The van der Waals surface area contributed by atoms with Crippen molar-refractivity contribution in [2.45, 2.75) is 44.6 Å². The third kappa shape index (κ3) is 3.56. The van der Waals surface area contributed by atoms with Crippen molar-refractivity contribution in [3.8, 4) is 11.5 Å². The van der Waals surface area contributed by atoms with E-state index in [1.807, 2.05) is 30.3 Å². The molecule has 1 aliphatic carbocycles. The molecule has 1 amide bonds. The highest BCUT2D eigenvalue weighted by molar-refractivity contribution is 6.10. The van der Waals surface area contributed by atoms with Crippen LogP contribution < -0.4 is 19.9 Å². The molecule has 28 heavy (non-hydrogen) atoms. The largest absolute Gasteiger partial charge is 0.493 e. The fourth-order valence-corrected chi connectivity index (χ4v) is 3.89. The van der Waals surface area contributed by atoms with Gasteiger partial charge in [0.05, 0.1) is 19.8 Å². The SMILES string of the molecule is COc1ccc(N2Cc3ccc(CNO)cc3C2=O)cc1OC1CCC(O)C1. The van der Waals surface area contributed by atoms with Gasteiger partial charge in [0.15, 0.2) is 11.5 Å². The number of benzene rings is 2. The molecule has 1 fully saturated rings. The molecule has 4 rings (SSSR count). The Morgan fingerprint density at radius 3 is 2.75 bits per heavy atom. The molecule has 148 valence electrons. The molecule has 7 nitrogen and oxygen atoms in total. The minimum absolute atomic E-state index is 0.0563. The molecule has 1 saturated carbocycles. The zero-order chi connectivity index (χ0) is 19.7. The van der Waals surface area contributed by atoms with Crippen LogP contribution in [0.5, 0.6) is 11.5 Å². The predicted molar refractivity (Wildman–Crippen MR) is 103 cm³/mol. The molecule has 0 spiro atoms. The standard InChI is InChI=1S/C21H24N2O5/c1-27-19-7-4-15(9-20(19)28-17-6-5-16(24)10-17)23-12-14-3-2-13(11-22-26)8-18(14)21(23)25/h2-4,7-9,16-17,22,24,26H,5-6,10-12H2,1H3. The third-order valence-corrected chi connectivity index (χ3v) is 5.37. The number of amides is 1. The molecule has 0 bridgehead atoms. The second-order valence-electron chi connectivity index (χ2n) is 7.26. The molecule has 2 aromatic carbocycles. The second-order valence-corrected chi connectivity index (χ2v) is 7.26. The van der Waals surface area contributed by atoms with Crippen LogP contribution in [-0.4, -0.2) is 35.5 Å². The summed E-state index contributed by atoms with van der Waals surface area (Å²) in [5.41, 5.74) is 5.29. The average molecular weight is 384 g/mol. The maximum Gasteiger partial charge on any atom is 0.258 e. The lowest BCUT2D eigenvalue weighted by molar-refractivity contribution is 0.0996. The summed E-state index contributed by atoms with van der Waals surface area (Å²) < 4.78 is 11.5. The zero-order valence-electron chi connectivity index (χ0n) is 15.7. The van der Waals surface area contributed by atoms with Crippen molar-refractivity contribution in [2.24, 2.45) is 0 Å². The summed E-state index contributed by atoms with van der Waals surface area (Å²) in [5, 5.41) is 18.6. The molecule has 1 aliphatic heterocycles. The number of hydrogen-bond acceptors (Lipinski definition) is 6. The Kier molecular flexibility index (Phi) is 5.21. The highest BCUT2D eigenvalue weighted by Gasteiger charge is 2.30. The van der Waals surface area contributed by atoms with E-state index < -0.39 is 0 Å². The summed E-state index contributed by atoms with van der Waals surface area (Å²) in [4.78, 5) is 14.6. The highest BCUT2D eigenvalue weighted by Crippen LogP contribution is 2.37. The second kappa shape index (κ2) is 7.79. The van der Waals surface area contributed by atoms with Gasteiger partial charge in [0.25, 0.3) is 5.91 Å². The van der Waals surface area contributed by atoms with Crippen molar-refractivity contribution < 1.29 is 24.6 Å². The molecular formula is C21H24N2O5. The maximum absolute atomic E-state index is 12.9. The van der Waals surface area contributed by atoms with Crippen LogP contribution in [0.25, 0.3) is 0 Å². The fraction of sp³-hybridized carbons (Fsp3) is 0.381. The van der Waals surface area contributed by atoms with Crippen LogP contribution in [-0.2, 0) is 13.1 Å². The Morgan fingerprint density at radius 1 is 1.18 bits per heavy atom. The van der Waals surface area contributed by atoms with Crippen molar-refractivity contribution in [1.82, 2.24) is 5.48 Å². The van der Waals surface area contributed by atoms with E-state index in [0.717, 1.165) is 29.7 Å². The number of ether oxygens (including phenoxy) is 2. The number of methoxy groups -OCH3 is 1. The van der Waals surface area contributed by atoms with Crippen molar-refractivity contribution in [3.63, 3.8) is 0 Å². The van der Waals surface area contributed by atoms with Crippen LogP contribution in [0.2, 0.25) is 0 Å². The lowest BCUT2D eigenvalue weighted by atomic mass is 10.1. The number of nitrogens with one attached hydrogen (secondary N) is 1. The highest BCUT2D eigenvalue weighted by atomic mass is 16.5. The molecular weight excluding hydrogens is 360 g/mol. The zero-order valence-corrected chi connectivity index (χ0v) is 15.7. The number of rotatable bonds is 6. The van der Waals surface area contributed by atoms with E-state index in [2.05, 4.69) is 5.48 Å². The third-order valence-electron chi connectivity index (χ3n) is 5.37. The van der Waals surface area contributed by atoms with Gasteiger partial charge >= 0.3 is 0 Å². The molecule has 0 aromatic heterocycles. The summed E-state index contributed by atoms with van der Waals surface area (Å²) in [6.07, 6.45) is 1.75. The number of anilines is 1. The van der Waals surface area contributed by atoms with E-state index in [1.54, 1.807) is 18.1 Å². The van der Waals surface area contributed by atoms with Gasteiger partial charge in [0.1, 0.15) is 6.10 Å². The molecule has 0 saturated heterocycles. The van der Waals surface area contributed by atoms with E-state index in [1.165, 1.54) is 0 Å². The molecule has 0 radical (unpaired) electrons. The first kappa shape index (κ1) is 18.7. The summed E-state index contributed by atoms with van der Waals surface area (Å²) in [7, 11) is 1.58. The number of aliphatic hydroxyl groups excluding tert-OH is 1. The van der Waals surface area contributed by atoms with Gasteiger partial charge < -0.3 is 24.7 Å². The Hall–Kier alpha value is -2.61. The summed E-state index contributed by atoms with van der Waals surface area (Å²) in [6.45, 7) is 0.767. The lowest BCUT2D eigenvalue weighted by Crippen LogP contribution is -2.23. The number of hydrogen-bond donors (Lipinski definition) is 3. The van der Waals surface area contributed by atoms with Crippen LogP contribution in [0.4, 0.5) is 5.69 Å². The molecule has 2 atom stereocenters. The van der Waals surface area contributed by atoms with Crippen molar-refractivity contribution in [1.29, 1.82) is 0 Å². The Bertz CT molecular complexity index is 885. The van der Waals surface area contributed by atoms with Gasteiger partial charge in [-0.1, -0.05) is 12.1 Å². The van der Waals surface area contributed by atoms with Crippen LogP contribution in [0.1, 0.15) is 40.7 Å². The van der Waals surface area contributed by atoms with Crippen LogP contribution in [0.3, 0.4) is 0 Å². The van der Waals surface area contributed by atoms with Gasteiger partial charge in [0.2, 0.25) is 0 Å². The van der Waals surface area contributed by atoms with E-state index in [9.17, 15) is 9.90 Å². The maximum atomic E-state index is 12.9. The first-order chi connectivity index (χ1) is 13.6. The topological polar surface area (TPSA) is 91.3 Å². The van der Waals surface area contributed by atoms with Crippen molar-refractivity contribution in [2.75, 3.05) is 12.0 Å². The smallest absolute Gasteiger partial charge is 0.258 e. The van der Waals surface area contributed by atoms with Gasteiger partial charge in [0, 0.05) is 30.3 Å². The number of carbonyl (C=O) groups is 1. The summed E-state index contributed by atoms with van der Waals surface area (Å²) >= 11 is 0. The fourth-order valence-electron chi connectivity index (χ4n) is 3.89. The molecule has 1 heterocycles.